The fraction of sp³-hybridized carbons (Fsp3) is 0.500. The lowest BCUT2D eigenvalue weighted by Crippen LogP contribution is -2.40. The van der Waals surface area contributed by atoms with Gasteiger partial charge in [-0.1, -0.05) is 6.92 Å². The number of amides is 1. The first-order valence-corrected chi connectivity index (χ1v) is 6.44. The average Bonchev–Trinajstić information content (AvgIpc) is 2.43. The number of aliphatic hydroxyl groups is 1. The van der Waals surface area contributed by atoms with Gasteiger partial charge in [0.05, 0.1) is 5.56 Å². The van der Waals surface area contributed by atoms with E-state index in [1.807, 2.05) is 0 Å². The Labute approximate surface area is 120 Å². The van der Waals surface area contributed by atoms with Crippen LogP contribution < -0.4 is 10.1 Å². The van der Waals surface area contributed by atoms with Crippen LogP contribution in [0.25, 0.3) is 0 Å². The predicted octanol–water partition coefficient (Wildman–Crippen LogP) is 2.22. The summed E-state index contributed by atoms with van der Waals surface area (Å²) in [7, 11) is 0. The molecule has 0 aliphatic carbocycles. The highest BCUT2D eigenvalue weighted by molar-refractivity contribution is 5.77. The van der Waals surface area contributed by atoms with Crippen molar-refractivity contribution in [2.75, 3.05) is 13.2 Å². The van der Waals surface area contributed by atoms with Gasteiger partial charge in [0, 0.05) is 12.6 Å². The monoisotopic (exact) mass is 305 g/mol. The molecule has 118 valence electrons. The number of halogens is 3. The smallest absolute Gasteiger partial charge is 0.416 e. The van der Waals surface area contributed by atoms with Crippen LogP contribution in [0.1, 0.15) is 19.4 Å². The van der Waals surface area contributed by atoms with E-state index in [0.717, 1.165) is 24.3 Å². The molecule has 4 nitrogen and oxygen atoms in total. The zero-order valence-electron chi connectivity index (χ0n) is 11.8. The first-order chi connectivity index (χ1) is 9.74. The van der Waals surface area contributed by atoms with Gasteiger partial charge in [-0.25, -0.2) is 0 Å². The molecular formula is C14H18F3NO3. The lowest BCUT2D eigenvalue weighted by molar-refractivity contribution is -0.137. The third-order valence-electron chi connectivity index (χ3n) is 3.08. The van der Waals surface area contributed by atoms with Gasteiger partial charge in [-0.15, -0.1) is 0 Å². The second kappa shape index (κ2) is 7.31. The summed E-state index contributed by atoms with van der Waals surface area (Å²) < 4.78 is 42.2. The molecule has 0 saturated carbocycles. The molecule has 0 aliphatic rings. The van der Waals surface area contributed by atoms with Crippen molar-refractivity contribution in [3.8, 4) is 5.75 Å². The molecule has 7 heteroatoms. The van der Waals surface area contributed by atoms with Crippen molar-refractivity contribution in [1.82, 2.24) is 5.32 Å². The second-order valence-electron chi connectivity index (χ2n) is 4.83. The van der Waals surface area contributed by atoms with Crippen LogP contribution in [-0.2, 0) is 11.0 Å². The summed E-state index contributed by atoms with van der Waals surface area (Å²) in [6.07, 6.45) is -4.40. The number of rotatable bonds is 6. The third kappa shape index (κ3) is 5.63. The van der Waals surface area contributed by atoms with E-state index in [0.29, 0.717) is 0 Å². The molecule has 0 spiro atoms. The zero-order chi connectivity index (χ0) is 16.0. The van der Waals surface area contributed by atoms with Crippen LogP contribution >= 0.6 is 0 Å². The van der Waals surface area contributed by atoms with Gasteiger partial charge in [-0.05, 0) is 37.1 Å². The summed E-state index contributed by atoms with van der Waals surface area (Å²) in [6.45, 7) is 3.17. The number of carbonyl (C=O) groups is 1. The molecule has 0 aliphatic heterocycles. The highest BCUT2D eigenvalue weighted by Gasteiger charge is 2.30. The highest BCUT2D eigenvalue weighted by Crippen LogP contribution is 2.30. The van der Waals surface area contributed by atoms with Crippen molar-refractivity contribution in [3.63, 3.8) is 0 Å². The van der Waals surface area contributed by atoms with Crippen LogP contribution in [0.15, 0.2) is 24.3 Å². The molecule has 0 aromatic heterocycles. The molecule has 1 amide bonds. The van der Waals surface area contributed by atoms with Gasteiger partial charge in [0.1, 0.15) is 5.75 Å². The van der Waals surface area contributed by atoms with Crippen molar-refractivity contribution in [1.29, 1.82) is 0 Å². The first kappa shape index (κ1) is 17.3. The van der Waals surface area contributed by atoms with E-state index in [1.54, 1.807) is 13.8 Å². The maximum atomic E-state index is 12.4. The fourth-order valence-corrected chi connectivity index (χ4v) is 1.48. The fourth-order valence-electron chi connectivity index (χ4n) is 1.48. The van der Waals surface area contributed by atoms with E-state index < -0.39 is 17.6 Å². The normalized spacial score (nSPS) is 14.4. The molecule has 0 saturated heterocycles. The number of alkyl halides is 3. The topological polar surface area (TPSA) is 58.6 Å². The Morgan fingerprint density at radius 2 is 1.86 bits per heavy atom. The first-order valence-electron chi connectivity index (χ1n) is 6.44. The van der Waals surface area contributed by atoms with Gasteiger partial charge in [0.15, 0.2) is 6.61 Å². The Bertz CT molecular complexity index is 460. The van der Waals surface area contributed by atoms with Crippen molar-refractivity contribution in [2.45, 2.75) is 26.1 Å². The van der Waals surface area contributed by atoms with E-state index in [1.165, 1.54) is 0 Å². The zero-order valence-corrected chi connectivity index (χ0v) is 11.8. The maximum absolute atomic E-state index is 12.4. The average molecular weight is 305 g/mol. The Morgan fingerprint density at radius 3 is 2.33 bits per heavy atom. The number of carbonyl (C=O) groups excluding carboxylic acids is 1. The molecule has 0 radical (unpaired) electrons. The van der Waals surface area contributed by atoms with Crippen LogP contribution in [0.5, 0.6) is 5.75 Å². The molecule has 21 heavy (non-hydrogen) atoms. The van der Waals surface area contributed by atoms with Crippen molar-refractivity contribution < 1.29 is 27.8 Å². The van der Waals surface area contributed by atoms with Gasteiger partial charge < -0.3 is 15.2 Å². The summed E-state index contributed by atoms with van der Waals surface area (Å²) in [6, 6.07) is 3.89. The summed E-state index contributed by atoms with van der Waals surface area (Å²) in [5.74, 6) is -0.316. The Hall–Kier alpha value is -1.76. The quantitative estimate of drug-likeness (QED) is 0.847. The Morgan fingerprint density at radius 1 is 1.29 bits per heavy atom. The summed E-state index contributed by atoms with van der Waals surface area (Å²) in [5, 5.41) is 11.6. The summed E-state index contributed by atoms with van der Waals surface area (Å²) in [5.41, 5.74) is -0.773. The highest BCUT2D eigenvalue weighted by atomic mass is 19.4. The molecule has 2 unspecified atom stereocenters. The van der Waals surface area contributed by atoms with Crippen LogP contribution in [0.4, 0.5) is 13.2 Å². The SMILES string of the molecule is CC(CO)C(C)NC(=O)COc1ccc(C(F)(F)F)cc1. The summed E-state index contributed by atoms with van der Waals surface area (Å²) >= 11 is 0. The van der Waals surface area contributed by atoms with Crippen LogP contribution in [0.3, 0.4) is 0 Å². The van der Waals surface area contributed by atoms with Gasteiger partial charge in [0.2, 0.25) is 0 Å². The van der Waals surface area contributed by atoms with Crippen LogP contribution in [0.2, 0.25) is 0 Å². The predicted molar refractivity (Wildman–Crippen MR) is 70.8 cm³/mol. The van der Waals surface area contributed by atoms with E-state index in [2.05, 4.69) is 5.32 Å². The van der Waals surface area contributed by atoms with Gasteiger partial charge in [0.25, 0.3) is 5.91 Å². The molecule has 2 N–H and O–H groups in total. The van der Waals surface area contributed by atoms with Crippen molar-refractivity contribution in [3.05, 3.63) is 29.8 Å². The number of hydrogen-bond donors (Lipinski definition) is 2. The number of nitrogens with one attached hydrogen (secondary N) is 1. The third-order valence-corrected chi connectivity index (χ3v) is 3.08. The lowest BCUT2D eigenvalue weighted by Gasteiger charge is -2.19. The van der Waals surface area contributed by atoms with E-state index in [-0.39, 0.29) is 30.9 Å². The van der Waals surface area contributed by atoms with Gasteiger partial charge >= 0.3 is 6.18 Å². The van der Waals surface area contributed by atoms with Crippen LogP contribution in [0, 0.1) is 5.92 Å². The molecule has 0 bridgehead atoms. The maximum Gasteiger partial charge on any atom is 0.416 e. The standard InChI is InChI=1S/C14H18F3NO3/c1-9(7-19)10(2)18-13(20)8-21-12-5-3-11(4-6-12)14(15,16)17/h3-6,9-10,19H,7-8H2,1-2H3,(H,18,20). The Kier molecular flexibility index (Phi) is 6.02. The number of aliphatic hydroxyl groups excluding tert-OH is 1. The van der Waals surface area contributed by atoms with E-state index in [9.17, 15) is 18.0 Å². The number of hydrogen-bond acceptors (Lipinski definition) is 3. The molecule has 1 rings (SSSR count). The number of benzene rings is 1. The van der Waals surface area contributed by atoms with E-state index >= 15 is 0 Å². The second-order valence-corrected chi connectivity index (χ2v) is 4.83. The van der Waals surface area contributed by atoms with Crippen molar-refractivity contribution in [2.24, 2.45) is 5.92 Å². The molecule has 2 atom stereocenters. The molecule has 0 heterocycles. The minimum absolute atomic E-state index is 0.0544. The molecule has 1 aromatic rings. The van der Waals surface area contributed by atoms with Crippen molar-refractivity contribution >= 4 is 5.91 Å². The van der Waals surface area contributed by atoms with E-state index in [4.69, 9.17) is 9.84 Å². The minimum atomic E-state index is -4.40. The minimum Gasteiger partial charge on any atom is -0.484 e. The van der Waals surface area contributed by atoms with Gasteiger partial charge in [-0.2, -0.15) is 13.2 Å². The largest absolute Gasteiger partial charge is 0.484 e. The van der Waals surface area contributed by atoms with Gasteiger partial charge in [-0.3, -0.25) is 4.79 Å². The molecule has 0 fully saturated rings. The molecular weight excluding hydrogens is 287 g/mol. The summed E-state index contributed by atoms with van der Waals surface area (Å²) in [4.78, 5) is 11.6. The molecule has 1 aromatic carbocycles. The van der Waals surface area contributed by atoms with Crippen LogP contribution in [-0.4, -0.2) is 30.3 Å². The Balaban J connectivity index is 2.47. The number of ether oxygens (including phenoxy) is 1. The lowest BCUT2D eigenvalue weighted by atomic mass is 10.1.